The van der Waals surface area contributed by atoms with E-state index in [0.717, 1.165) is 48.8 Å². The molecule has 31 heavy (non-hydrogen) atoms. The molecule has 0 N–H and O–H groups in total. The predicted octanol–water partition coefficient (Wildman–Crippen LogP) is 6.66. The molecular weight excluding hydrogens is 406 g/mol. The Labute approximate surface area is 192 Å². The maximum absolute atomic E-state index is 11.9. The highest BCUT2D eigenvalue weighted by Crippen LogP contribution is 2.37. The summed E-state index contributed by atoms with van der Waals surface area (Å²) >= 11 is 6.17. The molecule has 3 nitrogen and oxygen atoms in total. The first kappa shape index (κ1) is 23.8. The number of aryl methyl sites for hydroxylation is 1. The number of Topliss-reactive ketones (excluding diaryl/α,β-unsaturated/α-hetero) is 1. The van der Waals surface area contributed by atoms with Gasteiger partial charge in [-0.3, -0.25) is 4.79 Å². The van der Waals surface area contributed by atoms with Crippen LogP contribution in [0.2, 0.25) is 5.02 Å². The molecule has 2 aromatic rings. The van der Waals surface area contributed by atoms with Gasteiger partial charge < -0.3 is 9.64 Å². The zero-order chi connectivity index (χ0) is 22.6. The number of hydrogen-bond acceptors (Lipinski definition) is 3. The van der Waals surface area contributed by atoms with Gasteiger partial charge in [-0.05, 0) is 86.5 Å². The van der Waals surface area contributed by atoms with Crippen LogP contribution in [0.1, 0.15) is 63.1 Å². The van der Waals surface area contributed by atoms with Gasteiger partial charge in [-0.1, -0.05) is 56.6 Å². The van der Waals surface area contributed by atoms with E-state index in [1.54, 1.807) is 6.92 Å². The number of halogens is 1. The molecule has 1 unspecified atom stereocenters. The molecule has 1 heterocycles. The van der Waals surface area contributed by atoms with E-state index in [2.05, 4.69) is 50.8 Å². The average Bonchev–Trinajstić information content (AvgIpc) is 2.74. The normalized spacial score (nSPS) is 16.8. The van der Waals surface area contributed by atoms with Gasteiger partial charge in [-0.15, -0.1) is 0 Å². The van der Waals surface area contributed by atoms with Crippen molar-refractivity contribution >= 4 is 17.4 Å². The summed E-state index contributed by atoms with van der Waals surface area (Å²) in [6.45, 7) is 13.7. The van der Waals surface area contributed by atoms with Crippen LogP contribution >= 0.6 is 11.6 Å². The van der Waals surface area contributed by atoms with Crippen molar-refractivity contribution in [2.45, 2.75) is 60.0 Å². The molecule has 4 heteroatoms. The van der Waals surface area contributed by atoms with Crippen LogP contribution in [0, 0.1) is 18.3 Å². The lowest BCUT2D eigenvalue weighted by Crippen LogP contribution is -2.43. The molecule has 168 valence electrons. The van der Waals surface area contributed by atoms with Crippen LogP contribution in [0.25, 0.3) is 0 Å². The van der Waals surface area contributed by atoms with E-state index < -0.39 is 0 Å². The van der Waals surface area contributed by atoms with E-state index in [4.69, 9.17) is 16.3 Å². The minimum Gasteiger partial charge on any atom is -0.489 e. The van der Waals surface area contributed by atoms with Crippen LogP contribution in [-0.4, -0.2) is 30.3 Å². The number of ketones is 1. The van der Waals surface area contributed by atoms with Crippen LogP contribution < -0.4 is 4.74 Å². The molecule has 1 saturated heterocycles. The van der Waals surface area contributed by atoms with E-state index in [-0.39, 0.29) is 11.2 Å². The number of hydrogen-bond donors (Lipinski definition) is 0. The molecule has 0 amide bonds. The Balaban J connectivity index is 1.63. The molecule has 0 aromatic heterocycles. The van der Waals surface area contributed by atoms with Crippen molar-refractivity contribution in [1.82, 2.24) is 4.90 Å². The van der Waals surface area contributed by atoms with Crippen molar-refractivity contribution < 1.29 is 9.53 Å². The van der Waals surface area contributed by atoms with Crippen molar-refractivity contribution in [3.8, 4) is 5.75 Å². The fourth-order valence-electron chi connectivity index (χ4n) is 4.47. The average molecular weight is 442 g/mol. The summed E-state index contributed by atoms with van der Waals surface area (Å²) in [5, 5.41) is 0.741. The predicted molar refractivity (Wildman–Crippen MR) is 129 cm³/mol. The summed E-state index contributed by atoms with van der Waals surface area (Å²) in [6, 6.07) is 14.4. The molecule has 1 aliphatic rings. The molecule has 0 spiro atoms. The highest BCUT2D eigenvalue weighted by Gasteiger charge is 2.31. The number of likely N-dealkylation sites (tertiary alicyclic amines) is 1. The number of ether oxygens (including phenoxy) is 1. The standard InChI is InChI=1S/C27H36ClNO2/c1-19-10-11-24(28)16-23(19)17-31-26-9-7-6-8-25(26)20(2)22-12-14-29(15-13-22)18-27(4,5)21(3)30/h6-11,16,20,22H,12-15,17-18H2,1-5H3. The monoisotopic (exact) mass is 441 g/mol. The van der Waals surface area contributed by atoms with Gasteiger partial charge in [0.15, 0.2) is 0 Å². The lowest BCUT2D eigenvalue weighted by Gasteiger charge is -2.38. The minimum absolute atomic E-state index is 0.267. The van der Waals surface area contributed by atoms with Crippen molar-refractivity contribution in [2.75, 3.05) is 19.6 Å². The largest absolute Gasteiger partial charge is 0.489 e. The first-order valence-corrected chi connectivity index (χ1v) is 11.8. The van der Waals surface area contributed by atoms with Gasteiger partial charge in [0.2, 0.25) is 0 Å². The van der Waals surface area contributed by atoms with E-state index in [0.29, 0.717) is 18.4 Å². The van der Waals surface area contributed by atoms with Gasteiger partial charge in [-0.2, -0.15) is 0 Å². The molecule has 1 aliphatic heterocycles. The van der Waals surface area contributed by atoms with E-state index >= 15 is 0 Å². The maximum Gasteiger partial charge on any atom is 0.136 e. The van der Waals surface area contributed by atoms with Gasteiger partial charge in [0.25, 0.3) is 0 Å². The third-order valence-electron chi connectivity index (χ3n) is 7.02. The molecule has 0 bridgehead atoms. The Morgan fingerprint density at radius 2 is 1.87 bits per heavy atom. The second-order valence-electron chi connectivity index (χ2n) is 9.74. The van der Waals surface area contributed by atoms with Crippen molar-refractivity contribution in [3.05, 3.63) is 64.2 Å². The van der Waals surface area contributed by atoms with Gasteiger partial charge in [0, 0.05) is 17.0 Å². The molecule has 1 fully saturated rings. The second-order valence-corrected chi connectivity index (χ2v) is 10.2. The van der Waals surface area contributed by atoms with Crippen molar-refractivity contribution in [1.29, 1.82) is 0 Å². The molecule has 0 aliphatic carbocycles. The van der Waals surface area contributed by atoms with Crippen LogP contribution in [0.15, 0.2) is 42.5 Å². The van der Waals surface area contributed by atoms with Gasteiger partial charge in [0.1, 0.15) is 18.1 Å². The lowest BCUT2D eigenvalue weighted by molar-refractivity contribution is -0.126. The molecule has 0 radical (unpaired) electrons. The number of piperidine rings is 1. The summed E-state index contributed by atoms with van der Waals surface area (Å²) in [5.41, 5.74) is 3.33. The molecule has 0 saturated carbocycles. The molecule has 3 rings (SSSR count). The third-order valence-corrected chi connectivity index (χ3v) is 7.25. The van der Waals surface area contributed by atoms with Crippen LogP contribution in [0.5, 0.6) is 5.75 Å². The first-order valence-electron chi connectivity index (χ1n) is 11.4. The number of carbonyl (C=O) groups is 1. The molecule has 2 aromatic carbocycles. The third kappa shape index (κ3) is 6.11. The number of para-hydroxylation sites is 1. The van der Waals surface area contributed by atoms with E-state index in [9.17, 15) is 4.79 Å². The maximum atomic E-state index is 11.9. The Kier molecular flexibility index (Phi) is 7.82. The van der Waals surface area contributed by atoms with Gasteiger partial charge in [0.05, 0.1) is 0 Å². The summed E-state index contributed by atoms with van der Waals surface area (Å²) in [7, 11) is 0. The topological polar surface area (TPSA) is 29.5 Å². The second kappa shape index (κ2) is 10.2. The zero-order valence-corrected chi connectivity index (χ0v) is 20.3. The summed E-state index contributed by atoms with van der Waals surface area (Å²) in [6.07, 6.45) is 2.30. The van der Waals surface area contributed by atoms with Gasteiger partial charge in [-0.25, -0.2) is 0 Å². The first-order chi connectivity index (χ1) is 14.7. The quantitative estimate of drug-likeness (QED) is 0.458. The Morgan fingerprint density at radius 1 is 1.19 bits per heavy atom. The lowest BCUT2D eigenvalue weighted by atomic mass is 9.80. The fourth-order valence-corrected chi connectivity index (χ4v) is 4.67. The van der Waals surface area contributed by atoms with Crippen molar-refractivity contribution in [2.24, 2.45) is 11.3 Å². The summed E-state index contributed by atoms with van der Waals surface area (Å²) < 4.78 is 6.28. The number of carbonyl (C=O) groups excluding carboxylic acids is 1. The summed E-state index contributed by atoms with van der Waals surface area (Å²) in [4.78, 5) is 14.3. The Morgan fingerprint density at radius 3 is 2.55 bits per heavy atom. The highest BCUT2D eigenvalue weighted by molar-refractivity contribution is 6.30. The zero-order valence-electron chi connectivity index (χ0n) is 19.6. The van der Waals surface area contributed by atoms with Crippen LogP contribution in [-0.2, 0) is 11.4 Å². The minimum atomic E-state index is -0.267. The Hall–Kier alpha value is -1.84. The fraction of sp³-hybridized carbons (Fsp3) is 0.519. The Bertz CT molecular complexity index is 900. The number of rotatable bonds is 8. The number of benzene rings is 2. The molecule has 1 atom stereocenters. The number of nitrogens with zero attached hydrogens (tertiary/aromatic N) is 1. The summed E-state index contributed by atoms with van der Waals surface area (Å²) in [5.74, 6) is 2.28. The van der Waals surface area contributed by atoms with Crippen molar-refractivity contribution in [3.63, 3.8) is 0 Å². The molecular formula is C27H36ClNO2. The van der Waals surface area contributed by atoms with E-state index in [1.165, 1.54) is 11.1 Å². The van der Waals surface area contributed by atoms with Crippen LogP contribution in [0.4, 0.5) is 0 Å². The highest BCUT2D eigenvalue weighted by atomic mass is 35.5. The van der Waals surface area contributed by atoms with Gasteiger partial charge >= 0.3 is 0 Å². The van der Waals surface area contributed by atoms with Crippen LogP contribution in [0.3, 0.4) is 0 Å². The SMILES string of the molecule is CC(=O)C(C)(C)CN1CCC(C(C)c2ccccc2OCc2cc(Cl)ccc2C)CC1. The van der Waals surface area contributed by atoms with E-state index in [1.807, 2.05) is 24.3 Å². The smallest absolute Gasteiger partial charge is 0.136 e.